The van der Waals surface area contributed by atoms with Gasteiger partial charge < -0.3 is 11.0 Å². The molecule has 1 heterocycles. The summed E-state index contributed by atoms with van der Waals surface area (Å²) in [6, 6.07) is 1.48. The molecule has 2 atom stereocenters. The third-order valence-corrected chi connectivity index (χ3v) is 2.43. The van der Waals surface area contributed by atoms with E-state index in [0.717, 1.165) is 18.6 Å². The maximum atomic E-state index is 3.63. The second-order valence-corrected chi connectivity index (χ2v) is 3.20. The average molecular weight is 145 g/mol. The van der Waals surface area contributed by atoms with Crippen molar-refractivity contribution in [2.45, 2.75) is 38.8 Å². The number of likely N-dealkylation sites (tertiary alicyclic amines) is 1. The molecule has 0 bridgehead atoms. The topological polar surface area (TPSA) is 3.24 Å². The van der Waals surface area contributed by atoms with Crippen molar-refractivity contribution in [2.75, 3.05) is 6.54 Å². The second kappa shape index (κ2) is 5.03. The van der Waals surface area contributed by atoms with Crippen LogP contribution >= 0.6 is 0 Å². The van der Waals surface area contributed by atoms with E-state index in [1.807, 2.05) is 0 Å². The van der Waals surface area contributed by atoms with E-state index >= 15 is 0 Å². The van der Waals surface area contributed by atoms with Crippen LogP contribution in [-0.4, -0.2) is 23.5 Å². The van der Waals surface area contributed by atoms with Crippen LogP contribution in [0.5, 0.6) is 0 Å². The molecule has 1 aliphatic rings. The molecule has 0 aromatic carbocycles. The van der Waals surface area contributed by atoms with Gasteiger partial charge in [-0.1, -0.05) is 0 Å². The molecule has 2 heteroatoms. The van der Waals surface area contributed by atoms with Crippen LogP contribution in [0.25, 0.3) is 0 Å². The van der Waals surface area contributed by atoms with Crippen LogP contribution < -0.4 is 18.9 Å². The molecular weight excluding hydrogens is 129 g/mol. The summed E-state index contributed by atoms with van der Waals surface area (Å²) in [6.07, 6.45) is 5.62. The Hall–Kier alpha value is 0.297. The van der Waals surface area contributed by atoms with Gasteiger partial charge in [0, 0.05) is 12.1 Å². The summed E-state index contributed by atoms with van der Waals surface area (Å²) in [7, 11) is 0. The van der Waals surface area contributed by atoms with Crippen molar-refractivity contribution in [3.63, 3.8) is 0 Å². The predicted molar refractivity (Wildman–Crippen MR) is 43.7 cm³/mol. The third-order valence-electron chi connectivity index (χ3n) is 2.43. The monoisotopic (exact) mass is 145 g/mol. The van der Waals surface area contributed by atoms with E-state index in [9.17, 15) is 0 Å². The molecule has 1 saturated heterocycles. The summed E-state index contributed by atoms with van der Waals surface area (Å²) < 4.78 is 0. The average Bonchev–Trinajstić information content (AvgIpc) is 2.20. The van der Waals surface area contributed by atoms with Crippen molar-refractivity contribution in [2.24, 2.45) is 0 Å². The summed E-state index contributed by atoms with van der Waals surface area (Å²) in [5.74, 6) is 0. The zero-order valence-corrected chi connectivity index (χ0v) is 7.93. The Morgan fingerprint density at radius 3 is 2.18 bits per heavy atom. The number of hydrogen-bond donors (Lipinski definition) is 0. The number of rotatable bonds is 2. The molecule has 0 unspecified atom stereocenters. The molecule has 0 saturated carbocycles. The van der Waals surface area contributed by atoms with Gasteiger partial charge in [-0.05, 0) is 26.7 Å². The summed E-state index contributed by atoms with van der Waals surface area (Å²) in [5, 5.41) is 0. The fourth-order valence-corrected chi connectivity index (χ4v) is 1.69. The normalized spacial score (nSPS) is 31.5. The Labute approximate surface area is 82.0 Å². The van der Waals surface area contributed by atoms with E-state index < -0.39 is 0 Å². The minimum absolute atomic E-state index is 0. The van der Waals surface area contributed by atoms with Gasteiger partial charge in [0.15, 0.2) is 0 Å². The molecule has 1 fully saturated rings. The first-order valence-electron chi connectivity index (χ1n) is 4.01. The summed E-state index contributed by atoms with van der Waals surface area (Å²) >= 11 is 0. The van der Waals surface area contributed by atoms with Gasteiger partial charge in [0.2, 0.25) is 0 Å². The van der Waals surface area contributed by atoms with Crippen molar-refractivity contribution in [1.82, 2.24) is 4.90 Å². The standard InChI is InChI=1S/C9H16N.Li/c1-4-7-10-8(2)5-6-9(10)3;/h8-9H,1,5-7H2,2-3H3;/q-1;+1/t8-,9-;/m0./s1. The van der Waals surface area contributed by atoms with E-state index in [1.54, 1.807) is 0 Å². The van der Waals surface area contributed by atoms with Crippen molar-refractivity contribution in [1.29, 1.82) is 0 Å². The smallest absolute Gasteiger partial charge is 0.489 e. The van der Waals surface area contributed by atoms with Gasteiger partial charge in [0.05, 0.1) is 0 Å². The van der Waals surface area contributed by atoms with E-state index in [4.69, 9.17) is 0 Å². The van der Waals surface area contributed by atoms with Crippen LogP contribution in [0.2, 0.25) is 0 Å². The molecule has 0 aromatic heterocycles. The molecular formula is C9H16LiN. The fourth-order valence-electron chi connectivity index (χ4n) is 1.69. The van der Waals surface area contributed by atoms with Gasteiger partial charge in [-0.3, -0.25) is 6.58 Å². The van der Waals surface area contributed by atoms with Crippen LogP contribution in [0, 0.1) is 6.08 Å². The zero-order valence-electron chi connectivity index (χ0n) is 7.93. The Kier molecular flexibility index (Phi) is 5.17. The molecule has 11 heavy (non-hydrogen) atoms. The Bertz CT molecular complexity index is 115. The van der Waals surface area contributed by atoms with Crippen molar-refractivity contribution in [3.8, 4) is 0 Å². The first-order chi connectivity index (χ1) is 4.75. The van der Waals surface area contributed by atoms with E-state index in [0.29, 0.717) is 0 Å². The number of nitrogens with zero attached hydrogens (tertiary/aromatic N) is 1. The van der Waals surface area contributed by atoms with Crippen LogP contribution in [0.1, 0.15) is 26.7 Å². The number of hydrogen-bond acceptors (Lipinski definition) is 1. The SMILES string of the molecule is C=[C-]CN1[C@@H](C)CC[C@@H]1C.[Li+]. The van der Waals surface area contributed by atoms with Crippen LogP contribution in [0.4, 0.5) is 0 Å². The molecule has 58 valence electrons. The molecule has 0 aromatic rings. The third kappa shape index (κ3) is 2.67. The summed E-state index contributed by atoms with van der Waals surface area (Å²) in [5.41, 5.74) is 0. The Balaban J connectivity index is 0.000001000. The van der Waals surface area contributed by atoms with Crippen molar-refractivity contribution in [3.05, 3.63) is 12.7 Å². The minimum Gasteiger partial charge on any atom is -0.489 e. The first kappa shape index (κ1) is 11.3. The van der Waals surface area contributed by atoms with Crippen LogP contribution in [-0.2, 0) is 0 Å². The zero-order chi connectivity index (χ0) is 7.56. The van der Waals surface area contributed by atoms with Gasteiger partial charge in [0.25, 0.3) is 0 Å². The molecule has 0 aliphatic carbocycles. The van der Waals surface area contributed by atoms with Gasteiger partial charge in [-0.25, -0.2) is 0 Å². The summed E-state index contributed by atoms with van der Waals surface area (Å²) in [6.45, 7) is 9.12. The molecule has 0 radical (unpaired) electrons. The molecule has 0 spiro atoms. The Morgan fingerprint density at radius 2 is 1.82 bits per heavy atom. The van der Waals surface area contributed by atoms with Crippen molar-refractivity contribution >= 4 is 0 Å². The predicted octanol–water partition coefficient (Wildman–Crippen LogP) is -1.15. The summed E-state index contributed by atoms with van der Waals surface area (Å²) in [4.78, 5) is 2.45. The molecule has 0 amide bonds. The van der Waals surface area contributed by atoms with Gasteiger partial charge >= 0.3 is 18.9 Å². The molecule has 1 nitrogen and oxygen atoms in total. The minimum atomic E-state index is 0. The maximum Gasteiger partial charge on any atom is 1.00 e. The maximum absolute atomic E-state index is 3.63. The van der Waals surface area contributed by atoms with E-state index in [-0.39, 0.29) is 18.9 Å². The van der Waals surface area contributed by atoms with Crippen LogP contribution in [0.15, 0.2) is 6.58 Å². The largest absolute Gasteiger partial charge is 1.00 e. The molecule has 0 N–H and O–H groups in total. The van der Waals surface area contributed by atoms with Gasteiger partial charge in [-0.2, -0.15) is 0 Å². The first-order valence-corrected chi connectivity index (χ1v) is 4.01. The van der Waals surface area contributed by atoms with Gasteiger partial charge in [-0.15, -0.1) is 6.54 Å². The fraction of sp³-hybridized carbons (Fsp3) is 0.778. The van der Waals surface area contributed by atoms with Crippen LogP contribution in [0.3, 0.4) is 0 Å². The molecule has 1 aliphatic heterocycles. The van der Waals surface area contributed by atoms with Crippen molar-refractivity contribution < 1.29 is 18.9 Å². The second-order valence-electron chi connectivity index (χ2n) is 3.20. The van der Waals surface area contributed by atoms with E-state index in [1.165, 1.54) is 12.8 Å². The van der Waals surface area contributed by atoms with E-state index in [2.05, 4.69) is 31.4 Å². The Morgan fingerprint density at radius 1 is 1.36 bits per heavy atom. The van der Waals surface area contributed by atoms with Gasteiger partial charge in [0.1, 0.15) is 0 Å². The quantitative estimate of drug-likeness (QED) is 0.350. The molecule has 1 rings (SSSR count).